The quantitative estimate of drug-likeness (QED) is 0.386. The molecule has 5 rings (SSSR count). The molecule has 8 nitrogen and oxygen atoms in total. The van der Waals surface area contributed by atoms with Crippen LogP contribution in [0.5, 0.6) is 5.75 Å². The number of nitrogens with zero attached hydrogens (tertiary/aromatic N) is 6. The Kier molecular flexibility index (Phi) is 8.33. The van der Waals surface area contributed by atoms with Gasteiger partial charge in [0, 0.05) is 50.9 Å². The number of benzene rings is 1. The summed E-state index contributed by atoms with van der Waals surface area (Å²) < 4.78 is 22.2. The van der Waals surface area contributed by atoms with Gasteiger partial charge in [0.15, 0.2) is 11.6 Å². The normalized spacial score (nSPS) is 16.9. The van der Waals surface area contributed by atoms with Crippen molar-refractivity contribution < 1.29 is 9.13 Å². The van der Waals surface area contributed by atoms with Crippen molar-refractivity contribution in [3.63, 3.8) is 0 Å². The van der Waals surface area contributed by atoms with Gasteiger partial charge in [0.1, 0.15) is 18.0 Å². The van der Waals surface area contributed by atoms with Crippen molar-refractivity contribution in [1.29, 1.82) is 0 Å². The van der Waals surface area contributed by atoms with E-state index in [0.29, 0.717) is 17.5 Å². The summed E-state index contributed by atoms with van der Waals surface area (Å²) in [6.45, 7) is 9.93. The monoisotopic (exact) mass is 541 g/mol. The van der Waals surface area contributed by atoms with E-state index in [0.717, 1.165) is 75.0 Å². The lowest BCUT2D eigenvalue weighted by molar-refractivity contribution is 0.242. The number of likely N-dealkylation sites (tertiary alicyclic amines) is 1. The Morgan fingerprint density at radius 1 is 1.11 bits per heavy atom. The fourth-order valence-corrected chi connectivity index (χ4v) is 5.63. The Balaban J connectivity index is 1.37. The summed E-state index contributed by atoms with van der Waals surface area (Å²) in [6.07, 6.45) is 8.16. The van der Waals surface area contributed by atoms with Crippen LogP contribution in [0.2, 0.25) is 5.02 Å². The zero-order chi connectivity index (χ0) is 26.6. The summed E-state index contributed by atoms with van der Waals surface area (Å²) in [6, 6.07) is 4.84. The first-order valence-corrected chi connectivity index (χ1v) is 14.0. The number of piperidine rings is 1. The molecule has 10 heteroatoms. The molecular formula is C28H37ClFN7O. The van der Waals surface area contributed by atoms with Crippen molar-refractivity contribution in [3.05, 3.63) is 47.4 Å². The third kappa shape index (κ3) is 5.89. The van der Waals surface area contributed by atoms with Gasteiger partial charge in [-0.15, -0.1) is 0 Å². The number of imidazole rings is 1. The second-order valence-corrected chi connectivity index (χ2v) is 10.8. The van der Waals surface area contributed by atoms with Crippen LogP contribution in [0.3, 0.4) is 0 Å². The zero-order valence-electron chi connectivity index (χ0n) is 22.5. The van der Waals surface area contributed by atoms with Crippen molar-refractivity contribution in [2.24, 2.45) is 0 Å². The molecule has 0 aliphatic carbocycles. The molecule has 2 aliphatic heterocycles. The molecular weight excluding hydrogens is 505 g/mol. The Morgan fingerprint density at radius 3 is 2.55 bits per heavy atom. The highest BCUT2D eigenvalue weighted by Crippen LogP contribution is 2.37. The van der Waals surface area contributed by atoms with Crippen molar-refractivity contribution in [2.45, 2.75) is 58.1 Å². The number of hydrogen-bond donors (Lipinski definition) is 1. The Morgan fingerprint density at radius 2 is 1.87 bits per heavy atom. The lowest BCUT2D eigenvalue weighted by Crippen LogP contribution is -2.35. The molecule has 2 aromatic heterocycles. The van der Waals surface area contributed by atoms with Gasteiger partial charge in [0.2, 0.25) is 5.75 Å². The molecule has 204 valence electrons. The average Bonchev–Trinajstić information content (AvgIpc) is 3.59. The van der Waals surface area contributed by atoms with E-state index >= 15 is 0 Å². The third-order valence-electron chi connectivity index (χ3n) is 7.41. The van der Waals surface area contributed by atoms with E-state index in [9.17, 15) is 4.39 Å². The van der Waals surface area contributed by atoms with Crippen LogP contribution in [0.1, 0.15) is 51.3 Å². The molecule has 3 aromatic rings. The van der Waals surface area contributed by atoms with Gasteiger partial charge < -0.3 is 24.4 Å². The van der Waals surface area contributed by atoms with Gasteiger partial charge >= 0.3 is 0 Å². The Bertz CT molecular complexity index is 1240. The number of rotatable bonds is 9. The number of halogens is 2. The topological polar surface area (TPSA) is 71.3 Å². The summed E-state index contributed by atoms with van der Waals surface area (Å²) in [5.41, 5.74) is 1.68. The first kappa shape index (κ1) is 26.7. The number of ether oxygens (including phenoxy) is 1. The van der Waals surface area contributed by atoms with Gasteiger partial charge in [-0.25, -0.2) is 19.3 Å². The molecule has 0 unspecified atom stereocenters. The molecule has 0 spiro atoms. The summed E-state index contributed by atoms with van der Waals surface area (Å²) in [5, 5.41) is 3.25. The molecule has 2 aliphatic rings. The minimum Gasteiger partial charge on any atom is -0.484 e. The summed E-state index contributed by atoms with van der Waals surface area (Å²) in [5.74, 6) is 3.22. The van der Waals surface area contributed by atoms with Gasteiger partial charge in [-0.05, 0) is 70.8 Å². The van der Waals surface area contributed by atoms with Crippen molar-refractivity contribution in [2.75, 3.05) is 50.0 Å². The van der Waals surface area contributed by atoms with E-state index in [2.05, 4.69) is 35.8 Å². The maximum absolute atomic E-state index is 13.8. The minimum atomic E-state index is -0.413. The van der Waals surface area contributed by atoms with Gasteiger partial charge in [0.25, 0.3) is 0 Å². The van der Waals surface area contributed by atoms with E-state index in [1.54, 1.807) is 18.5 Å². The third-order valence-corrected chi connectivity index (χ3v) is 7.70. The standard InChI is InChI=1S/C28H37ClFN7O/c1-19(2)38-25-26(31-3)32-18-33-28(25)36-12-8-20(9-13-36)27-34-24(21-6-7-23(30)22(29)16-21)17-37(27)15-14-35-10-4-5-11-35/h6-7,16-20H,4-5,8-15H2,1-3H3,(H,31,32,33). The van der Waals surface area contributed by atoms with Crippen molar-refractivity contribution in [3.8, 4) is 17.0 Å². The smallest absolute Gasteiger partial charge is 0.204 e. The van der Waals surface area contributed by atoms with Gasteiger partial charge in [-0.2, -0.15) is 0 Å². The van der Waals surface area contributed by atoms with E-state index in [1.165, 1.54) is 18.9 Å². The maximum atomic E-state index is 13.8. The van der Waals surface area contributed by atoms with Crippen LogP contribution in [0.25, 0.3) is 11.3 Å². The second-order valence-electron chi connectivity index (χ2n) is 10.4. The molecule has 0 amide bonds. The largest absolute Gasteiger partial charge is 0.484 e. The highest BCUT2D eigenvalue weighted by molar-refractivity contribution is 6.31. The molecule has 2 saturated heterocycles. The predicted octanol–water partition coefficient (Wildman–Crippen LogP) is 5.44. The molecule has 0 radical (unpaired) electrons. The van der Waals surface area contributed by atoms with Crippen LogP contribution < -0.4 is 15.0 Å². The number of aromatic nitrogens is 4. The van der Waals surface area contributed by atoms with E-state index in [1.807, 2.05) is 20.9 Å². The summed E-state index contributed by atoms with van der Waals surface area (Å²) >= 11 is 6.10. The minimum absolute atomic E-state index is 0.0193. The number of hydrogen-bond acceptors (Lipinski definition) is 7. The molecule has 2 fully saturated rings. The average molecular weight is 542 g/mol. The van der Waals surface area contributed by atoms with Crippen molar-refractivity contribution in [1.82, 2.24) is 24.4 Å². The van der Waals surface area contributed by atoms with Crippen molar-refractivity contribution >= 4 is 23.2 Å². The van der Waals surface area contributed by atoms with Crippen LogP contribution in [0.4, 0.5) is 16.0 Å². The molecule has 38 heavy (non-hydrogen) atoms. The van der Waals surface area contributed by atoms with Crippen LogP contribution >= 0.6 is 11.6 Å². The molecule has 0 saturated carbocycles. The highest BCUT2D eigenvalue weighted by atomic mass is 35.5. The Hall–Kier alpha value is -2.91. The zero-order valence-corrected chi connectivity index (χ0v) is 23.2. The summed E-state index contributed by atoms with van der Waals surface area (Å²) in [4.78, 5) is 18.8. The molecule has 1 N–H and O–H groups in total. The summed E-state index contributed by atoms with van der Waals surface area (Å²) in [7, 11) is 1.85. The number of nitrogens with one attached hydrogen (secondary N) is 1. The van der Waals surface area contributed by atoms with Crippen LogP contribution in [0, 0.1) is 5.82 Å². The lowest BCUT2D eigenvalue weighted by Gasteiger charge is -2.34. The van der Waals surface area contributed by atoms with E-state index < -0.39 is 5.82 Å². The first-order chi connectivity index (χ1) is 18.4. The molecule has 4 heterocycles. The van der Waals surface area contributed by atoms with Gasteiger partial charge in [-0.1, -0.05) is 11.6 Å². The fraction of sp³-hybridized carbons (Fsp3) is 0.536. The lowest BCUT2D eigenvalue weighted by atomic mass is 9.95. The van der Waals surface area contributed by atoms with Gasteiger partial charge in [0.05, 0.1) is 16.8 Å². The van der Waals surface area contributed by atoms with E-state index in [4.69, 9.17) is 21.3 Å². The molecule has 1 aromatic carbocycles. The van der Waals surface area contributed by atoms with Crippen LogP contribution in [0.15, 0.2) is 30.7 Å². The SMILES string of the molecule is CNc1ncnc(N2CCC(c3nc(-c4ccc(F)c(Cl)c4)cn3CCN3CCCC3)CC2)c1OC(C)C. The number of anilines is 2. The fourth-order valence-electron chi connectivity index (χ4n) is 5.45. The Labute approximate surface area is 229 Å². The second kappa shape index (κ2) is 11.9. The van der Waals surface area contributed by atoms with Crippen LogP contribution in [-0.2, 0) is 6.54 Å². The van der Waals surface area contributed by atoms with Gasteiger partial charge in [-0.3, -0.25) is 0 Å². The van der Waals surface area contributed by atoms with E-state index in [-0.39, 0.29) is 11.1 Å². The maximum Gasteiger partial charge on any atom is 0.204 e. The predicted molar refractivity (Wildman–Crippen MR) is 150 cm³/mol. The van der Waals surface area contributed by atoms with Crippen LogP contribution in [-0.4, -0.2) is 70.3 Å². The molecule has 0 bridgehead atoms. The highest BCUT2D eigenvalue weighted by Gasteiger charge is 2.29. The first-order valence-electron chi connectivity index (χ1n) is 13.6. The molecule has 0 atom stereocenters.